The van der Waals surface area contributed by atoms with Gasteiger partial charge in [-0.15, -0.1) is 0 Å². The topological polar surface area (TPSA) is 49.0 Å². The fourth-order valence-corrected chi connectivity index (χ4v) is 4.95. The van der Waals surface area contributed by atoms with Crippen LogP contribution in [0.4, 0.5) is 0 Å². The van der Waals surface area contributed by atoms with Crippen molar-refractivity contribution in [2.75, 3.05) is 6.54 Å². The van der Waals surface area contributed by atoms with Gasteiger partial charge < -0.3 is 4.57 Å². The molecule has 0 radical (unpaired) electrons. The third-order valence-corrected chi connectivity index (χ3v) is 6.47. The number of aryl methyl sites for hydroxylation is 1. The Kier molecular flexibility index (Phi) is 4.00. The van der Waals surface area contributed by atoms with Crippen molar-refractivity contribution < 1.29 is 4.79 Å². The SMILES string of the molecule is Cc1cc(C(=O)CN2C3CCC2(C)CC3)c(C)n1-c1ccc(C#N)cc1. The fraction of sp³-hybridized carbons (Fsp3) is 0.455. The van der Waals surface area contributed by atoms with Crippen LogP contribution in [0.3, 0.4) is 0 Å². The highest BCUT2D eigenvalue weighted by Crippen LogP contribution is 2.45. The number of rotatable bonds is 4. The van der Waals surface area contributed by atoms with Crippen LogP contribution in [0.15, 0.2) is 30.3 Å². The zero-order valence-electron chi connectivity index (χ0n) is 15.7. The molecule has 0 aliphatic carbocycles. The highest BCUT2D eigenvalue weighted by Gasteiger charge is 2.48. The van der Waals surface area contributed by atoms with Crippen molar-refractivity contribution in [1.82, 2.24) is 9.47 Å². The van der Waals surface area contributed by atoms with Gasteiger partial charge in [-0.1, -0.05) is 0 Å². The molecule has 3 heterocycles. The maximum Gasteiger partial charge on any atom is 0.178 e. The van der Waals surface area contributed by atoms with Crippen LogP contribution in [-0.2, 0) is 0 Å². The van der Waals surface area contributed by atoms with E-state index in [4.69, 9.17) is 5.26 Å². The second-order valence-corrected chi connectivity index (χ2v) is 8.06. The third kappa shape index (κ3) is 2.59. The molecule has 2 fully saturated rings. The predicted molar refractivity (Wildman–Crippen MR) is 102 cm³/mol. The Labute approximate surface area is 155 Å². The predicted octanol–water partition coefficient (Wildman–Crippen LogP) is 4.17. The second-order valence-electron chi connectivity index (χ2n) is 8.06. The zero-order valence-corrected chi connectivity index (χ0v) is 15.7. The lowest BCUT2D eigenvalue weighted by Crippen LogP contribution is -2.41. The number of fused-ring (bicyclic) bond motifs is 2. The molecular weight excluding hydrogens is 322 g/mol. The highest BCUT2D eigenvalue weighted by atomic mass is 16.1. The van der Waals surface area contributed by atoms with E-state index in [9.17, 15) is 4.79 Å². The van der Waals surface area contributed by atoms with Gasteiger partial charge in [0.2, 0.25) is 0 Å². The van der Waals surface area contributed by atoms with Gasteiger partial charge in [-0.25, -0.2) is 0 Å². The molecule has 134 valence electrons. The number of carbonyl (C=O) groups is 1. The number of hydrogen-bond donors (Lipinski definition) is 0. The van der Waals surface area contributed by atoms with Crippen LogP contribution in [0.5, 0.6) is 0 Å². The van der Waals surface area contributed by atoms with E-state index >= 15 is 0 Å². The number of Topliss-reactive ketones (excluding diaryl/α,β-unsaturated/α-hetero) is 1. The van der Waals surface area contributed by atoms with Crippen molar-refractivity contribution in [3.63, 3.8) is 0 Å². The summed E-state index contributed by atoms with van der Waals surface area (Å²) in [4.78, 5) is 15.5. The van der Waals surface area contributed by atoms with E-state index in [-0.39, 0.29) is 11.3 Å². The third-order valence-electron chi connectivity index (χ3n) is 6.47. The molecule has 2 aliphatic heterocycles. The summed E-state index contributed by atoms with van der Waals surface area (Å²) in [5.41, 5.74) is 4.71. The van der Waals surface area contributed by atoms with Crippen LogP contribution in [0.1, 0.15) is 59.9 Å². The number of benzene rings is 1. The molecule has 2 aromatic rings. The summed E-state index contributed by atoms with van der Waals surface area (Å²) in [7, 11) is 0. The number of nitriles is 1. The molecule has 0 N–H and O–H groups in total. The molecule has 0 spiro atoms. The lowest BCUT2D eigenvalue weighted by molar-refractivity contribution is 0.0864. The molecule has 2 aliphatic rings. The van der Waals surface area contributed by atoms with Gasteiger partial charge in [0.05, 0.1) is 18.2 Å². The lowest BCUT2D eigenvalue weighted by Gasteiger charge is -2.30. The monoisotopic (exact) mass is 347 g/mol. The Bertz CT molecular complexity index is 893. The first-order valence-corrected chi connectivity index (χ1v) is 9.42. The van der Waals surface area contributed by atoms with Crippen molar-refractivity contribution in [3.05, 3.63) is 52.8 Å². The lowest BCUT2D eigenvalue weighted by atomic mass is 9.90. The number of hydrogen-bond acceptors (Lipinski definition) is 3. The molecule has 0 atom stereocenters. The average Bonchev–Trinajstić information content (AvgIpc) is 3.22. The van der Waals surface area contributed by atoms with Crippen LogP contribution in [0, 0.1) is 25.2 Å². The Morgan fingerprint density at radius 2 is 1.88 bits per heavy atom. The molecule has 26 heavy (non-hydrogen) atoms. The minimum absolute atomic E-state index is 0.220. The van der Waals surface area contributed by atoms with E-state index in [1.807, 2.05) is 44.2 Å². The normalized spacial score (nSPS) is 24.8. The summed E-state index contributed by atoms with van der Waals surface area (Å²) < 4.78 is 2.11. The van der Waals surface area contributed by atoms with Crippen molar-refractivity contribution in [1.29, 1.82) is 5.26 Å². The van der Waals surface area contributed by atoms with Gasteiger partial charge in [0.25, 0.3) is 0 Å². The smallest absolute Gasteiger partial charge is 0.178 e. The quantitative estimate of drug-likeness (QED) is 0.780. The first-order chi connectivity index (χ1) is 12.4. The van der Waals surface area contributed by atoms with Crippen molar-refractivity contribution >= 4 is 5.78 Å². The number of aromatic nitrogens is 1. The molecule has 1 aromatic carbocycles. The van der Waals surface area contributed by atoms with Crippen molar-refractivity contribution in [2.24, 2.45) is 0 Å². The standard InChI is InChI=1S/C22H25N3O/c1-15-12-20(16(2)25(15)19-6-4-17(13-23)5-7-19)21(26)14-24-18-8-10-22(24,3)11-9-18/h4-7,12,18H,8-11,14H2,1-3H3. The molecule has 4 heteroatoms. The maximum atomic E-state index is 13.1. The Balaban J connectivity index is 1.62. The van der Waals surface area contributed by atoms with Gasteiger partial charge in [0.15, 0.2) is 5.78 Å². The first-order valence-electron chi connectivity index (χ1n) is 9.42. The van der Waals surface area contributed by atoms with E-state index in [1.54, 1.807) is 0 Å². The van der Waals surface area contributed by atoms with Gasteiger partial charge in [0.1, 0.15) is 0 Å². The van der Waals surface area contributed by atoms with E-state index in [0.29, 0.717) is 18.2 Å². The average molecular weight is 347 g/mol. The Morgan fingerprint density at radius 3 is 2.42 bits per heavy atom. The minimum atomic E-state index is 0.220. The summed E-state index contributed by atoms with van der Waals surface area (Å²) in [5, 5.41) is 8.98. The van der Waals surface area contributed by atoms with E-state index < -0.39 is 0 Å². The molecule has 0 amide bonds. The van der Waals surface area contributed by atoms with E-state index in [2.05, 4.69) is 22.5 Å². The number of carbonyl (C=O) groups excluding carboxylic acids is 1. The summed E-state index contributed by atoms with van der Waals surface area (Å²) in [6.45, 7) is 6.88. The zero-order chi connectivity index (χ0) is 18.5. The molecule has 0 saturated carbocycles. The van der Waals surface area contributed by atoms with Gasteiger partial charge >= 0.3 is 0 Å². The Morgan fingerprint density at radius 1 is 1.23 bits per heavy atom. The molecule has 2 saturated heterocycles. The number of ketones is 1. The second kappa shape index (κ2) is 6.10. The molecule has 4 nitrogen and oxygen atoms in total. The first kappa shape index (κ1) is 17.1. The largest absolute Gasteiger partial charge is 0.318 e. The number of nitrogens with zero attached hydrogens (tertiary/aromatic N) is 3. The maximum absolute atomic E-state index is 13.1. The van der Waals surface area contributed by atoms with Crippen molar-refractivity contribution in [3.8, 4) is 11.8 Å². The van der Waals surface area contributed by atoms with Gasteiger partial charge in [-0.3, -0.25) is 9.69 Å². The van der Waals surface area contributed by atoms with Gasteiger partial charge in [-0.05, 0) is 76.8 Å². The van der Waals surface area contributed by atoms with Crippen molar-refractivity contribution in [2.45, 2.75) is 58.0 Å². The fourth-order valence-electron chi connectivity index (χ4n) is 4.95. The molecule has 0 unspecified atom stereocenters. The molecule has 1 aromatic heterocycles. The van der Waals surface area contributed by atoms with E-state index in [1.165, 1.54) is 25.7 Å². The molecule has 4 rings (SSSR count). The van der Waals surface area contributed by atoms with Crippen LogP contribution in [-0.4, -0.2) is 33.4 Å². The van der Waals surface area contributed by atoms with Crippen LogP contribution < -0.4 is 0 Å². The molecular formula is C22H25N3O. The minimum Gasteiger partial charge on any atom is -0.318 e. The summed E-state index contributed by atoms with van der Waals surface area (Å²) >= 11 is 0. The summed E-state index contributed by atoms with van der Waals surface area (Å²) in [6.07, 6.45) is 4.90. The van der Waals surface area contributed by atoms with Gasteiger partial charge in [0, 0.05) is 34.2 Å². The summed E-state index contributed by atoms with van der Waals surface area (Å²) in [6, 6.07) is 12.3. The Hall–Kier alpha value is -2.38. The van der Waals surface area contributed by atoms with Crippen LogP contribution in [0.25, 0.3) is 5.69 Å². The van der Waals surface area contributed by atoms with Crippen LogP contribution >= 0.6 is 0 Å². The summed E-state index contributed by atoms with van der Waals surface area (Å²) in [5.74, 6) is 0.220. The molecule has 2 bridgehead atoms. The van der Waals surface area contributed by atoms with Gasteiger partial charge in [-0.2, -0.15) is 5.26 Å². The highest BCUT2D eigenvalue weighted by molar-refractivity contribution is 5.99. The van der Waals surface area contributed by atoms with Crippen LogP contribution in [0.2, 0.25) is 0 Å². The van der Waals surface area contributed by atoms with E-state index in [0.717, 1.165) is 22.6 Å².